The lowest BCUT2D eigenvalue weighted by Crippen LogP contribution is -2.47. The summed E-state index contributed by atoms with van der Waals surface area (Å²) in [4.78, 5) is 12.2. The van der Waals surface area contributed by atoms with Crippen molar-refractivity contribution in [3.8, 4) is 5.69 Å². The molecule has 0 bridgehead atoms. The lowest BCUT2D eigenvalue weighted by molar-refractivity contribution is -0.126. The fourth-order valence-electron chi connectivity index (χ4n) is 1.98. The van der Waals surface area contributed by atoms with Gasteiger partial charge in [0, 0.05) is 12.0 Å². The molecule has 0 radical (unpaired) electrons. The van der Waals surface area contributed by atoms with Crippen molar-refractivity contribution >= 4 is 5.91 Å². The van der Waals surface area contributed by atoms with Crippen molar-refractivity contribution in [1.29, 1.82) is 0 Å². The number of nitrogens with zero attached hydrogens (tertiary/aromatic N) is 3. The lowest BCUT2D eigenvalue weighted by Gasteiger charge is -2.26. The largest absolute Gasteiger partial charge is 0.345 e. The SMILES string of the molecule is CC(N)C(C)C(=O)NC(C)(C)c1cn(-c2ccccc2)nn1. The Balaban J connectivity index is 2.17. The standard InChI is InChI=1S/C16H23N5O/c1-11(12(2)17)15(22)18-16(3,4)14-10-21(20-19-14)13-8-6-5-7-9-13/h5-12H,17H2,1-4H3,(H,18,22). The van der Waals surface area contributed by atoms with E-state index in [2.05, 4.69) is 15.6 Å². The second-order valence-electron chi connectivity index (χ2n) is 6.15. The number of hydrogen-bond acceptors (Lipinski definition) is 4. The molecule has 0 saturated carbocycles. The van der Waals surface area contributed by atoms with Crippen LogP contribution >= 0.6 is 0 Å². The first-order chi connectivity index (χ1) is 10.3. The van der Waals surface area contributed by atoms with E-state index in [4.69, 9.17) is 5.73 Å². The van der Waals surface area contributed by atoms with Crippen molar-refractivity contribution in [2.45, 2.75) is 39.3 Å². The Kier molecular flexibility index (Phi) is 4.61. The van der Waals surface area contributed by atoms with Crippen molar-refractivity contribution in [1.82, 2.24) is 20.3 Å². The number of carbonyl (C=O) groups excluding carboxylic acids is 1. The zero-order valence-corrected chi connectivity index (χ0v) is 13.4. The van der Waals surface area contributed by atoms with Crippen LogP contribution in [0.25, 0.3) is 5.69 Å². The summed E-state index contributed by atoms with van der Waals surface area (Å²) in [6, 6.07) is 9.52. The van der Waals surface area contributed by atoms with Crippen LogP contribution in [-0.4, -0.2) is 26.9 Å². The van der Waals surface area contributed by atoms with E-state index in [0.29, 0.717) is 5.69 Å². The molecule has 1 heterocycles. The van der Waals surface area contributed by atoms with Crippen LogP contribution < -0.4 is 11.1 Å². The molecule has 1 aromatic heterocycles. The summed E-state index contributed by atoms with van der Waals surface area (Å²) < 4.78 is 1.69. The molecule has 2 aromatic rings. The van der Waals surface area contributed by atoms with Crippen LogP contribution in [0.15, 0.2) is 36.5 Å². The minimum atomic E-state index is -0.618. The third-order valence-electron chi connectivity index (χ3n) is 3.79. The highest BCUT2D eigenvalue weighted by atomic mass is 16.2. The van der Waals surface area contributed by atoms with Gasteiger partial charge in [-0.25, -0.2) is 4.68 Å². The van der Waals surface area contributed by atoms with Crippen LogP contribution in [0.3, 0.4) is 0 Å². The maximum Gasteiger partial charge on any atom is 0.225 e. The number of nitrogens with two attached hydrogens (primary N) is 1. The molecule has 0 saturated heterocycles. The van der Waals surface area contributed by atoms with E-state index in [1.165, 1.54) is 0 Å². The van der Waals surface area contributed by atoms with Gasteiger partial charge in [-0.15, -0.1) is 5.10 Å². The molecule has 0 aliphatic heterocycles. The molecule has 0 aliphatic rings. The number of hydrogen-bond donors (Lipinski definition) is 2. The average Bonchev–Trinajstić information content (AvgIpc) is 2.97. The van der Waals surface area contributed by atoms with Crippen LogP contribution in [-0.2, 0) is 10.3 Å². The number of benzene rings is 1. The molecule has 1 amide bonds. The molecule has 2 rings (SSSR count). The molecule has 0 fully saturated rings. The summed E-state index contributed by atoms with van der Waals surface area (Å²) in [7, 11) is 0. The van der Waals surface area contributed by atoms with Gasteiger partial charge in [0.05, 0.1) is 17.4 Å². The number of rotatable bonds is 5. The second-order valence-corrected chi connectivity index (χ2v) is 6.15. The average molecular weight is 301 g/mol. The Labute approximate surface area is 130 Å². The molecule has 0 spiro atoms. The molecule has 0 aliphatic carbocycles. The number of carbonyl (C=O) groups is 1. The molecule has 6 heteroatoms. The molecule has 2 atom stereocenters. The van der Waals surface area contributed by atoms with Gasteiger partial charge < -0.3 is 11.1 Å². The van der Waals surface area contributed by atoms with Crippen molar-refractivity contribution in [2.24, 2.45) is 11.7 Å². The zero-order chi connectivity index (χ0) is 16.3. The van der Waals surface area contributed by atoms with Gasteiger partial charge in [-0.2, -0.15) is 0 Å². The maximum atomic E-state index is 12.2. The Morgan fingerprint density at radius 3 is 2.50 bits per heavy atom. The Morgan fingerprint density at radius 1 is 1.27 bits per heavy atom. The zero-order valence-electron chi connectivity index (χ0n) is 13.4. The topological polar surface area (TPSA) is 85.8 Å². The summed E-state index contributed by atoms with van der Waals surface area (Å²) >= 11 is 0. The summed E-state index contributed by atoms with van der Waals surface area (Å²) in [5.74, 6) is -0.349. The highest BCUT2D eigenvalue weighted by Crippen LogP contribution is 2.19. The number of para-hydroxylation sites is 1. The third-order valence-corrected chi connectivity index (χ3v) is 3.79. The Hall–Kier alpha value is -2.21. The highest BCUT2D eigenvalue weighted by Gasteiger charge is 2.29. The quantitative estimate of drug-likeness (QED) is 0.878. The molecule has 1 aromatic carbocycles. The molecule has 22 heavy (non-hydrogen) atoms. The Morgan fingerprint density at radius 2 is 1.91 bits per heavy atom. The predicted molar refractivity (Wildman–Crippen MR) is 85.3 cm³/mol. The summed E-state index contributed by atoms with van der Waals surface area (Å²) in [5, 5.41) is 11.3. The van der Waals surface area contributed by atoms with Gasteiger partial charge in [0.1, 0.15) is 5.69 Å². The fraction of sp³-hybridized carbons (Fsp3) is 0.438. The monoisotopic (exact) mass is 301 g/mol. The first kappa shape index (κ1) is 16.2. The van der Waals surface area contributed by atoms with Gasteiger partial charge in [0.15, 0.2) is 0 Å². The van der Waals surface area contributed by atoms with Crippen molar-refractivity contribution in [3.05, 3.63) is 42.2 Å². The third kappa shape index (κ3) is 3.51. The maximum absolute atomic E-state index is 12.2. The number of aromatic nitrogens is 3. The second kappa shape index (κ2) is 6.27. The fourth-order valence-corrected chi connectivity index (χ4v) is 1.98. The van der Waals surface area contributed by atoms with Crippen molar-refractivity contribution < 1.29 is 4.79 Å². The van der Waals surface area contributed by atoms with Crippen molar-refractivity contribution in [2.75, 3.05) is 0 Å². The smallest absolute Gasteiger partial charge is 0.225 e. The molecular weight excluding hydrogens is 278 g/mol. The Bertz CT molecular complexity index is 633. The van der Waals surface area contributed by atoms with E-state index < -0.39 is 5.54 Å². The van der Waals surface area contributed by atoms with Gasteiger partial charge >= 0.3 is 0 Å². The van der Waals surface area contributed by atoms with Crippen LogP contribution in [0.2, 0.25) is 0 Å². The molecule has 2 unspecified atom stereocenters. The lowest BCUT2D eigenvalue weighted by atomic mass is 9.97. The molecule has 3 N–H and O–H groups in total. The van der Waals surface area contributed by atoms with E-state index in [1.807, 2.05) is 64.2 Å². The minimum Gasteiger partial charge on any atom is -0.345 e. The van der Waals surface area contributed by atoms with Crippen LogP contribution in [0.1, 0.15) is 33.4 Å². The van der Waals surface area contributed by atoms with Crippen molar-refractivity contribution in [3.63, 3.8) is 0 Å². The van der Waals surface area contributed by atoms with E-state index in [1.54, 1.807) is 4.68 Å². The summed E-state index contributed by atoms with van der Waals surface area (Å²) in [5.41, 5.74) is 6.78. The first-order valence-electron chi connectivity index (χ1n) is 7.37. The van der Waals surface area contributed by atoms with Gasteiger partial charge in [-0.3, -0.25) is 4.79 Å². The van der Waals surface area contributed by atoms with Gasteiger partial charge in [-0.05, 0) is 32.9 Å². The van der Waals surface area contributed by atoms with E-state index >= 15 is 0 Å². The van der Waals surface area contributed by atoms with Crippen LogP contribution in [0.5, 0.6) is 0 Å². The normalized spacial score (nSPS) is 14.4. The van der Waals surface area contributed by atoms with Gasteiger partial charge in [0.25, 0.3) is 0 Å². The number of nitrogens with one attached hydrogen (secondary N) is 1. The van der Waals surface area contributed by atoms with Gasteiger partial charge in [-0.1, -0.05) is 30.3 Å². The summed E-state index contributed by atoms with van der Waals surface area (Å²) in [6.07, 6.45) is 1.83. The number of amides is 1. The molecule has 6 nitrogen and oxygen atoms in total. The first-order valence-corrected chi connectivity index (χ1v) is 7.37. The van der Waals surface area contributed by atoms with E-state index in [0.717, 1.165) is 5.69 Å². The predicted octanol–water partition coefficient (Wildman–Crippen LogP) is 1.60. The molecule has 118 valence electrons. The van der Waals surface area contributed by atoms with Crippen LogP contribution in [0, 0.1) is 5.92 Å². The molecular formula is C16H23N5O. The minimum absolute atomic E-state index is 0.0886. The van der Waals surface area contributed by atoms with E-state index in [-0.39, 0.29) is 17.9 Å². The van der Waals surface area contributed by atoms with E-state index in [9.17, 15) is 4.79 Å². The van der Waals surface area contributed by atoms with Crippen LogP contribution in [0.4, 0.5) is 0 Å². The van der Waals surface area contributed by atoms with Gasteiger partial charge in [0.2, 0.25) is 5.91 Å². The summed E-state index contributed by atoms with van der Waals surface area (Å²) in [6.45, 7) is 7.44. The highest BCUT2D eigenvalue weighted by molar-refractivity contribution is 5.79.